The minimum Gasteiger partial charge on any atom is -0.441 e. The summed E-state index contributed by atoms with van der Waals surface area (Å²) >= 11 is 0. The lowest BCUT2D eigenvalue weighted by Gasteiger charge is -2.38. The second-order valence-corrected chi connectivity index (χ2v) is 6.46. The van der Waals surface area contributed by atoms with E-state index in [9.17, 15) is 14.0 Å². The fourth-order valence-corrected chi connectivity index (χ4v) is 3.12. The topological polar surface area (TPSA) is 66.7 Å². The third kappa shape index (κ3) is 3.34. The molecular formula is C19H22FN3O3. The molecule has 138 valence electrons. The molecule has 0 unspecified atom stereocenters. The summed E-state index contributed by atoms with van der Waals surface area (Å²) in [6.45, 7) is 6.22. The van der Waals surface area contributed by atoms with Crippen LogP contribution in [0.2, 0.25) is 0 Å². The molecule has 2 amide bonds. The maximum absolute atomic E-state index is 14.0. The summed E-state index contributed by atoms with van der Waals surface area (Å²) in [7, 11) is 0. The van der Waals surface area contributed by atoms with Gasteiger partial charge in [0.25, 0.3) is 0 Å². The average molecular weight is 359 g/mol. The summed E-state index contributed by atoms with van der Waals surface area (Å²) < 4.78 is 19.5. The van der Waals surface area contributed by atoms with Crippen LogP contribution < -0.4 is 0 Å². The summed E-state index contributed by atoms with van der Waals surface area (Å²) in [5, 5.41) is 0. The zero-order valence-corrected chi connectivity index (χ0v) is 15.2. The van der Waals surface area contributed by atoms with E-state index in [2.05, 4.69) is 4.98 Å². The van der Waals surface area contributed by atoms with Gasteiger partial charge in [-0.2, -0.15) is 0 Å². The van der Waals surface area contributed by atoms with Gasteiger partial charge in [0.05, 0.1) is 18.7 Å². The Kier molecular flexibility index (Phi) is 5.06. The maximum atomic E-state index is 14.0. The quantitative estimate of drug-likeness (QED) is 0.823. The number of piperazine rings is 1. The number of benzene rings is 1. The summed E-state index contributed by atoms with van der Waals surface area (Å²) in [6.07, 6.45) is 0.806. The number of hydrogen-bond donors (Lipinski definition) is 0. The first-order valence-electron chi connectivity index (χ1n) is 8.71. The van der Waals surface area contributed by atoms with Crippen molar-refractivity contribution in [2.24, 2.45) is 0 Å². The highest BCUT2D eigenvalue weighted by Gasteiger charge is 2.36. The van der Waals surface area contributed by atoms with E-state index in [4.69, 9.17) is 4.42 Å². The van der Waals surface area contributed by atoms with Crippen molar-refractivity contribution in [1.29, 1.82) is 0 Å². The highest BCUT2D eigenvalue weighted by Crippen LogP contribution is 2.26. The number of amides is 2. The Morgan fingerprint density at radius 1 is 1.31 bits per heavy atom. The van der Waals surface area contributed by atoms with Crippen molar-refractivity contribution in [1.82, 2.24) is 14.8 Å². The highest BCUT2D eigenvalue weighted by atomic mass is 19.1. The van der Waals surface area contributed by atoms with Gasteiger partial charge in [-0.1, -0.05) is 19.1 Å². The monoisotopic (exact) mass is 359 g/mol. The van der Waals surface area contributed by atoms with Gasteiger partial charge in [0, 0.05) is 6.54 Å². The van der Waals surface area contributed by atoms with Crippen LogP contribution in [0.5, 0.6) is 0 Å². The zero-order valence-electron chi connectivity index (χ0n) is 15.2. The maximum Gasteiger partial charge on any atom is 0.245 e. The van der Waals surface area contributed by atoms with E-state index in [1.54, 1.807) is 36.9 Å². The van der Waals surface area contributed by atoms with Crippen molar-refractivity contribution in [3.8, 4) is 11.5 Å². The number of halogens is 1. The summed E-state index contributed by atoms with van der Waals surface area (Å²) in [5.41, 5.74) is 0.797. The molecule has 0 spiro atoms. The van der Waals surface area contributed by atoms with Crippen LogP contribution in [0.4, 0.5) is 4.39 Å². The van der Waals surface area contributed by atoms with E-state index in [-0.39, 0.29) is 36.4 Å². The summed E-state index contributed by atoms with van der Waals surface area (Å²) in [6, 6.07) is 5.67. The number of rotatable bonds is 5. The van der Waals surface area contributed by atoms with Crippen LogP contribution >= 0.6 is 0 Å². The smallest absolute Gasteiger partial charge is 0.245 e. The molecule has 7 heteroatoms. The standard InChI is InChI=1S/C19H22FN3O3/c1-4-9-22-11-17(24)23(12(2)19(22)25)10-16-13(3)26-18(21-16)14-7-5-6-8-15(14)20/h5-8,12H,4,9-11H2,1-3H3/t12-/m0/s1. The predicted molar refractivity (Wildman–Crippen MR) is 93.5 cm³/mol. The number of hydrogen-bond acceptors (Lipinski definition) is 4. The lowest BCUT2D eigenvalue weighted by Crippen LogP contribution is -2.58. The highest BCUT2D eigenvalue weighted by molar-refractivity contribution is 5.94. The molecule has 1 atom stereocenters. The fraction of sp³-hybridized carbons (Fsp3) is 0.421. The van der Waals surface area contributed by atoms with Crippen molar-refractivity contribution >= 4 is 11.8 Å². The number of carbonyl (C=O) groups is 2. The lowest BCUT2D eigenvalue weighted by atomic mass is 10.1. The van der Waals surface area contributed by atoms with Gasteiger partial charge < -0.3 is 14.2 Å². The van der Waals surface area contributed by atoms with Crippen LogP contribution in [0.25, 0.3) is 11.5 Å². The Balaban J connectivity index is 1.82. The predicted octanol–water partition coefficient (Wildman–Crippen LogP) is 2.76. The second kappa shape index (κ2) is 7.27. The molecule has 6 nitrogen and oxygen atoms in total. The summed E-state index contributed by atoms with van der Waals surface area (Å²) in [4.78, 5) is 32.4. The molecule has 26 heavy (non-hydrogen) atoms. The van der Waals surface area contributed by atoms with E-state index >= 15 is 0 Å². The van der Waals surface area contributed by atoms with Crippen LogP contribution in [-0.2, 0) is 16.1 Å². The van der Waals surface area contributed by atoms with Gasteiger partial charge in [-0.05, 0) is 32.4 Å². The molecule has 0 bridgehead atoms. The van der Waals surface area contributed by atoms with Crippen LogP contribution in [0.15, 0.2) is 28.7 Å². The number of aryl methyl sites for hydroxylation is 1. The molecule has 0 N–H and O–H groups in total. The van der Waals surface area contributed by atoms with Crippen molar-refractivity contribution in [3.63, 3.8) is 0 Å². The number of carbonyl (C=O) groups excluding carboxylic acids is 2. The Morgan fingerprint density at radius 3 is 2.73 bits per heavy atom. The molecule has 1 aromatic heterocycles. The van der Waals surface area contributed by atoms with Crippen LogP contribution in [0, 0.1) is 12.7 Å². The first-order valence-corrected chi connectivity index (χ1v) is 8.71. The largest absolute Gasteiger partial charge is 0.441 e. The van der Waals surface area contributed by atoms with Crippen molar-refractivity contribution in [3.05, 3.63) is 41.5 Å². The summed E-state index contributed by atoms with van der Waals surface area (Å²) in [5.74, 6) is 0.0637. The normalized spacial score (nSPS) is 17.9. The Bertz CT molecular complexity index is 833. The zero-order chi connectivity index (χ0) is 18.8. The van der Waals surface area contributed by atoms with Crippen LogP contribution in [-0.4, -0.2) is 45.7 Å². The molecular weight excluding hydrogens is 337 g/mol. The minimum absolute atomic E-state index is 0.0677. The van der Waals surface area contributed by atoms with E-state index in [1.807, 2.05) is 6.92 Å². The Morgan fingerprint density at radius 2 is 2.04 bits per heavy atom. The Hall–Kier alpha value is -2.70. The molecule has 2 heterocycles. The fourth-order valence-electron chi connectivity index (χ4n) is 3.12. The van der Waals surface area contributed by atoms with Crippen molar-refractivity contribution in [2.75, 3.05) is 13.1 Å². The second-order valence-electron chi connectivity index (χ2n) is 6.46. The number of nitrogens with zero attached hydrogens (tertiary/aromatic N) is 3. The molecule has 1 aromatic carbocycles. The SMILES string of the molecule is CCCN1CC(=O)N(Cc2nc(-c3ccccc3F)oc2C)[C@@H](C)C1=O. The van der Waals surface area contributed by atoms with Gasteiger partial charge in [0.1, 0.15) is 23.3 Å². The molecule has 1 aliphatic rings. The average Bonchev–Trinajstić information content (AvgIpc) is 2.97. The molecule has 1 saturated heterocycles. The van der Waals surface area contributed by atoms with Gasteiger partial charge in [-0.25, -0.2) is 9.37 Å². The molecule has 2 aromatic rings. The lowest BCUT2D eigenvalue weighted by molar-refractivity contribution is -0.155. The van der Waals surface area contributed by atoms with Crippen LogP contribution in [0.3, 0.4) is 0 Å². The third-order valence-electron chi connectivity index (χ3n) is 4.59. The Labute approximate surface area is 151 Å². The van der Waals surface area contributed by atoms with E-state index in [0.717, 1.165) is 6.42 Å². The first kappa shape index (κ1) is 18.1. The minimum atomic E-state index is -0.559. The van der Waals surface area contributed by atoms with E-state index < -0.39 is 11.9 Å². The molecule has 0 aliphatic carbocycles. The van der Waals surface area contributed by atoms with E-state index in [0.29, 0.717) is 18.0 Å². The van der Waals surface area contributed by atoms with Gasteiger partial charge in [-0.3, -0.25) is 9.59 Å². The molecule has 3 rings (SSSR count). The number of aromatic nitrogens is 1. The molecule has 1 fully saturated rings. The third-order valence-corrected chi connectivity index (χ3v) is 4.59. The van der Waals surface area contributed by atoms with Gasteiger partial charge in [0.15, 0.2) is 0 Å². The first-order chi connectivity index (χ1) is 12.4. The molecule has 0 radical (unpaired) electrons. The van der Waals surface area contributed by atoms with Crippen molar-refractivity contribution in [2.45, 2.75) is 39.8 Å². The van der Waals surface area contributed by atoms with Crippen LogP contribution in [0.1, 0.15) is 31.7 Å². The van der Waals surface area contributed by atoms with E-state index in [1.165, 1.54) is 11.0 Å². The van der Waals surface area contributed by atoms with Crippen molar-refractivity contribution < 1.29 is 18.4 Å². The van der Waals surface area contributed by atoms with Gasteiger partial charge in [-0.15, -0.1) is 0 Å². The molecule has 0 saturated carbocycles. The molecule has 1 aliphatic heterocycles. The van der Waals surface area contributed by atoms with Gasteiger partial charge in [0.2, 0.25) is 17.7 Å². The number of oxazole rings is 1. The van der Waals surface area contributed by atoms with Gasteiger partial charge >= 0.3 is 0 Å².